The van der Waals surface area contributed by atoms with E-state index in [1.807, 2.05) is 6.08 Å². The van der Waals surface area contributed by atoms with E-state index in [0.717, 1.165) is 17.0 Å². The van der Waals surface area contributed by atoms with Gasteiger partial charge in [0.2, 0.25) is 0 Å². The summed E-state index contributed by atoms with van der Waals surface area (Å²) in [5.41, 5.74) is 0.733. The molecule has 0 aromatic heterocycles. The molecule has 29 heavy (non-hydrogen) atoms. The van der Waals surface area contributed by atoms with Crippen LogP contribution in [0.3, 0.4) is 0 Å². The lowest BCUT2D eigenvalue weighted by atomic mass is 9.88. The van der Waals surface area contributed by atoms with Crippen LogP contribution in [0, 0.1) is 17.2 Å². The van der Waals surface area contributed by atoms with Gasteiger partial charge in [0.15, 0.2) is 5.78 Å². The summed E-state index contributed by atoms with van der Waals surface area (Å²) < 4.78 is 39.3. The molecular weight excluding hydrogens is 383 g/mol. The number of anilines is 1. The molecular formula is C21H16F3N3O2. The zero-order valence-corrected chi connectivity index (χ0v) is 15.2. The van der Waals surface area contributed by atoms with E-state index >= 15 is 0 Å². The van der Waals surface area contributed by atoms with Gasteiger partial charge >= 0.3 is 12.2 Å². The second-order valence-electron chi connectivity index (χ2n) is 7.08. The van der Waals surface area contributed by atoms with Gasteiger partial charge in [0, 0.05) is 17.7 Å². The number of carbonyl (C=O) groups excluding carboxylic acids is 2. The molecule has 1 aromatic carbocycles. The molecule has 2 unspecified atom stereocenters. The number of carbonyl (C=O) groups is 2. The molecule has 0 saturated heterocycles. The van der Waals surface area contributed by atoms with Gasteiger partial charge in [-0.05, 0) is 36.6 Å². The van der Waals surface area contributed by atoms with E-state index in [0.29, 0.717) is 23.3 Å². The van der Waals surface area contributed by atoms with Gasteiger partial charge in [-0.1, -0.05) is 24.3 Å². The maximum atomic E-state index is 13.1. The predicted octanol–water partition coefficient (Wildman–Crippen LogP) is 4.25. The number of benzene rings is 1. The van der Waals surface area contributed by atoms with Crippen molar-refractivity contribution in [3.05, 3.63) is 64.9 Å². The number of urea groups is 1. The van der Waals surface area contributed by atoms with Crippen LogP contribution >= 0.6 is 0 Å². The molecule has 0 fully saturated rings. The van der Waals surface area contributed by atoms with Crippen molar-refractivity contribution in [2.24, 2.45) is 5.92 Å². The van der Waals surface area contributed by atoms with Crippen LogP contribution in [0.25, 0.3) is 0 Å². The fraction of sp³-hybridized carbons (Fsp3) is 0.286. The molecule has 0 bridgehead atoms. The Hall–Kier alpha value is -3.34. The molecule has 1 aliphatic heterocycles. The van der Waals surface area contributed by atoms with E-state index in [1.165, 1.54) is 12.1 Å². The van der Waals surface area contributed by atoms with Gasteiger partial charge in [0.25, 0.3) is 0 Å². The number of Topliss-reactive ketones (excluding diaryl/α,β-unsaturated/α-hetero) is 1. The Balaban J connectivity index is 1.75. The molecule has 148 valence electrons. The molecule has 0 radical (unpaired) electrons. The molecule has 4 rings (SSSR count). The fourth-order valence-corrected chi connectivity index (χ4v) is 3.90. The third-order valence-corrected chi connectivity index (χ3v) is 5.29. The van der Waals surface area contributed by atoms with Gasteiger partial charge in [0.1, 0.15) is 0 Å². The van der Waals surface area contributed by atoms with Crippen molar-refractivity contribution in [2.45, 2.75) is 31.5 Å². The van der Waals surface area contributed by atoms with Crippen LogP contribution in [0.1, 0.15) is 24.8 Å². The summed E-state index contributed by atoms with van der Waals surface area (Å²) >= 11 is 0. The lowest BCUT2D eigenvalue weighted by Gasteiger charge is -2.35. The van der Waals surface area contributed by atoms with Crippen molar-refractivity contribution < 1.29 is 22.8 Å². The summed E-state index contributed by atoms with van der Waals surface area (Å²) in [6.07, 6.45) is 1.68. The van der Waals surface area contributed by atoms with Crippen LogP contribution in [-0.2, 0) is 11.0 Å². The Morgan fingerprint density at radius 1 is 1.21 bits per heavy atom. The standard InChI is InChI=1S/C21H16F3N3O2/c22-21(23,24)14-2-1-3-15(10-14)27-16-8-9-17(28)18(16)19(26-20(27)29)13-6-4-12(11-25)5-7-13/h1-4,6-7,10,12,19H,5,8-9H2,(H,26,29). The molecule has 0 spiro atoms. The minimum Gasteiger partial charge on any atom is -0.326 e. The van der Waals surface area contributed by atoms with Crippen molar-refractivity contribution in [3.63, 3.8) is 0 Å². The number of alkyl halides is 3. The number of hydrogen-bond donors (Lipinski definition) is 1. The molecule has 2 atom stereocenters. The zero-order chi connectivity index (χ0) is 20.8. The average Bonchev–Trinajstić information content (AvgIpc) is 3.08. The Labute approximate surface area is 164 Å². The minimum atomic E-state index is -4.54. The molecule has 3 aliphatic rings. The highest BCUT2D eigenvalue weighted by Gasteiger charge is 2.42. The van der Waals surface area contributed by atoms with Gasteiger partial charge in [-0.25, -0.2) is 4.79 Å². The number of allylic oxidation sites excluding steroid dienone is 3. The number of nitrogens with zero attached hydrogens (tertiary/aromatic N) is 2. The first kappa shape index (κ1) is 19.0. The quantitative estimate of drug-likeness (QED) is 0.808. The number of nitriles is 1. The molecule has 2 aliphatic carbocycles. The smallest absolute Gasteiger partial charge is 0.326 e. The van der Waals surface area contributed by atoms with Crippen LogP contribution in [0.15, 0.2) is 59.3 Å². The minimum absolute atomic E-state index is 0.0654. The van der Waals surface area contributed by atoms with E-state index in [4.69, 9.17) is 5.26 Å². The number of halogens is 3. The molecule has 0 saturated carbocycles. The van der Waals surface area contributed by atoms with E-state index in [-0.39, 0.29) is 30.2 Å². The maximum Gasteiger partial charge on any atom is 0.416 e. The molecule has 1 aromatic rings. The second-order valence-corrected chi connectivity index (χ2v) is 7.08. The lowest BCUT2D eigenvalue weighted by Crippen LogP contribution is -2.51. The van der Waals surface area contributed by atoms with Crippen LogP contribution in [0.5, 0.6) is 0 Å². The number of nitrogens with one attached hydrogen (secondary N) is 1. The molecule has 5 nitrogen and oxygen atoms in total. The van der Waals surface area contributed by atoms with Crippen LogP contribution in [-0.4, -0.2) is 17.9 Å². The molecule has 1 N–H and O–H groups in total. The Morgan fingerprint density at radius 2 is 2.00 bits per heavy atom. The first-order chi connectivity index (χ1) is 13.8. The first-order valence-corrected chi connectivity index (χ1v) is 9.11. The van der Waals surface area contributed by atoms with Crippen LogP contribution < -0.4 is 10.2 Å². The van der Waals surface area contributed by atoms with Crippen molar-refractivity contribution in [2.75, 3.05) is 4.90 Å². The van der Waals surface area contributed by atoms with Crippen LogP contribution in [0.2, 0.25) is 0 Å². The van der Waals surface area contributed by atoms with E-state index in [9.17, 15) is 22.8 Å². The Kier molecular flexibility index (Phi) is 4.53. The van der Waals surface area contributed by atoms with Crippen molar-refractivity contribution in [3.8, 4) is 6.07 Å². The largest absolute Gasteiger partial charge is 0.416 e. The summed E-state index contributed by atoms with van der Waals surface area (Å²) in [5.74, 6) is -0.397. The topological polar surface area (TPSA) is 73.2 Å². The summed E-state index contributed by atoms with van der Waals surface area (Å²) in [7, 11) is 0. The number of amides is 2. The molecule has 1 heterocycles. The highest BCUT2D eigenvalue weighted by Crippen LogP contribution is 2.39. The molecule has 2 amide bonds. The Morgan fingerprint density at radius 3 is 2.66 bits per heavy atom. The van der Waals surface area contributed by atoms with Crippen molar-refractivity contribution in [1.82, 2.24) is 5.32 Å². The van der Waals surface area contributed by atoms with Crippen molar-refractivity contribution in [1.29, 1.82) is 5.26 Å². The molecule has 8 heteroatoms. The predicted molar refractivity (Wildman–Crippen MR) is 98.5 cm³/mol. The summed E-state index contributed by atoms with van der Waals surface area (Å²) in [4.78, 5) is 26.6. The van der Waals surface area contributed by atoms with E-state index < -0.39 is 23.8 Å². The third-order valence-electron chi connectivity index (χ3n) is 5.29. The lowest BCUT2D eigenvalue weighted by molar-refractivity contribution is -0.137. The summed E-state index contributed by atoms with van der Waals surface area (Å²) in [6.45, 7) is 0. The number of hydrogen-bond acceptors (Lipinski definition) is 3. The maximum absolute atomic E-state index is 13.1. The van der Waals surface area contributed by atoms with Crippen LogP contribution in [0.4, 0.5) is 23.7 Å². The number of ketones is 1. The van der Waals surface area contributed by atoms with Crippen molar-refractivity contribution >= 4 is 17.5 Å². The first-order valence-electron chi connectivity index (χ1n) is 9.11. The van der Waals surface area contributed by atoms with Gasteiger partial charge in [0.05, 0.1) is 29.3 Å². The third kappa shape index (κ3) is 3.33. The highest BCUT2D eigenvalue weighted by molar-refractivity contribution is 6.08. The second kappa shape index (κ2) is 6.92. The normalized spacial score (nSPS) is 24.2. The van der Waals surface area contributed by atoms with E-state index in [2.05, 4.69) is 11.4 Å². The monoisotopic (exact) mass is 399 g/mol. The highest BCUT2D eigenvalue weighted by atomic mass is 19.4. The summed E-state index contributed by atoms with van der Waals surface area (Å²) in [6, 6.07) is 5.39. The van der Waals surface area contributed by atoms with Gasteiger partial charge in [-0.3, -0.25) is 9.69 Å². The average molecular weight is 399 g/mol. The zero-order valence-electron chi connectivity index (χ0n) is 15.2. The van der Waals surface area contributed by atoms with Gasteiger partial charge < -0.3 is 5.32 Å². The van der Waals surface area contributed by atoms with Gasteiger partial charge in [-0.2, -0.15) is 18.4 Å². The Bertz CT molecular complexity index is 1030. The van der Waals surface area contributed by atoms with E-state index in [1.54, 1.807) is 12.2 Å². The fourth-order valence-electron chi connectivity index (χ4n) is 3.90. The SMILES string of the molecule is N#CC1C=CC(C2NC(=O)N(c3cccc(C(F)(F)F)c3)C3=C2C(=O)CC3)=CC1. The number of rotatable bonds is 2. The summed E-state index contributed by atoms with van der Waals surface area (Å²) in [5, 5.41) is 11.8. The van der Waals surface area contributed by atoms with Gasteiger partial charge in [-0.15, -0.1) is 0 Å².